The van der Waals surface area contributed by atoms with Crippen molar-refractivity contribution in [2.24, 2.45) is 0 Å². The van der Waals surface area contributed by atoms with Gasteiger partial charge >= 0.3 is 0 Å². The first-order valence-corrected chi connectivity index (χ1v) is 17.9. The van der Waals surface area contributed by atoms with Crippen LogP contribution in [0.3, 0.4) is 0 Å². The maximum atomic E-state index is 2.62. The molecule has 0 saturated carbocycles. The standard InChI is InChI=1S/C43H59N2/c1-10-12-14-27-44-38-23-19-31(3)29-36(38)42(6,7)40(44)25-21-34-17-16-18-35(33(34)5)22-26-41-43(8,9)37-30-32(4)20-24-39(37)45(41)28-15-13-11-2/h19-26,29-30H,10-18,27-28H2,1-9H3/q+1. The Bertz CT molecular complexity index is 1570. The first-order valence-electron chi connectivity index (χ1n) is 17.9. The summed E-state index contributed by atoms with van der Waals surface area (Å²) in [5, 5.41) is 0. The summed E-state index contributed by atoms with van der Waals surface area (Å²) >= 11 is 0. The highest BCUT2D eigenvalue weighted by Gasteiger charge is 2.44. The van der Waals surface area contributed by atoms with Gasteiger partial charge in [-0.3, -0.25) is 0 Å². The minimum absolute atomic E-state index is 0.00105. The molecular weight excluding hydrogens is 544 g/mol. The van der Waals surface area contributed by atoms with Gasteiger partial charge in [-0.1, -0.05) is 88.4 Å². The highest BCUT2D eigenvalue weighted by atomic mass is 15.2. The summed E-state index contributed by atoms with van der Waals surface area (Å²) in [5.74, 6) is 0. The molecule has 2 heterocycles. The molecule has 2 aromatic carbocycles. The van der Waals surface area contributed by atoms with Crippen molar-refractivity contribution in [3.63, 3.8) is 0 Å². The van der Waals surface area contributed by atoms with E-state index in [4.69, 9.17) is 0 Å². The van der Waals surface area contributed by atoms with E-state index in [9.17, 15) is 0 Å². The highest BCUT2D eigenvalue weighted by Crippen LogP contribution is 2.48. The summed E-state index contributed by atoms with van der Waals surface area (Å²) in [7, 11) is 0. The molecule has 0 aromatic heterocycles. The molecule has 1 aliphatic carbocycles. The molecule has 45 heavy (non-hydrogen) atoms. The highest BCUT2D eigenvalue weighted by molar-refractivity contribution is 6.03. The lowest BCUT2D eigenvalue weighted by molar-refractivity contribution is -0.438. The number of hydrogen-bond donors (Lipinski definition) is 0. The molecule has 0 N–H and O–H groups in total. The Balaban J connectivity index is 1.48. The average Bonchev–Trinajstić information content (AvgIpc) is 3.34. The van der Waals surface area contributed by atoms with Crippen LogP contribution in [-0.2, 0) is 10.8 Å². The van der Waals surface area contributed by atoms with Crippen LogP contribution in [0.2, 0.25) is 0 Å². The molecule has 0 atom stereocenters. The van der Waals surface area contributed by atoms with Crippen LogP contribution in [0.1, 0.15) is 129 Å². The van der Waals surface area contributed by atoms with E-state index in [0.717, 1.165) is 25.9 Å². The lowest BCUT2D eigenvalue weighted by atomic mass is 9.80. The van der Waals surface area contributed by atoms with E-state index in [0.29, 0.717) is 0 Å². The van der Waals surface area contributed by atoms with E-state index < -0.39 is 0 Å². The molecule has 0 radical (unpaired) electrons. The summed E-state index contributed by atoms with van der Waals surface area (Å²) < 4.78 is 2.62. The van der Waals surface area contributed by atoms with Gasteiger partial charge in [-0.2, -0.15) is 4.58 Å². The largest absolute Gasteiger partial charge is 0.344 e. The number of fused-ring (bicyclic) bond motifs is 2. The third-order valence-corrected chi connectivity index (χ3v) is 10.8. The number of benzene rings is 2. The van der Waals surface area contributed by atoms with Crippen LogP contribution < -0.4 is 4.90 Å². The Kier molecular flexibility index (Phi) is 10.1. The van der Waals surface area contributed by atoms with E-state index in [1.807, 2.05) is 0 Å². The fourth-order valence-corrected chi connectivity index (χ4v) is 7.93. The average molecular weight is 604 g/mol. The van der Waals surface area contributed by atoms with E-state index in [-0.39, 0.29) is 10.8 Å². The van der Waals surface area contributed by atoms with Crippen LogP contribution in [0.15, 0.2) is 83.1 Å². The van der Waals surface area contributed by atoms with Crippen LogP contribution in [0.4, 0.5) is 11.4 Å². The molecule has 0 spiro atoms. The van der Waals surface area contributed by atoms with Gasteiger partial charge < -0.3 is 4.90 Å². The molecule has 0 saturated heterocycles. The zero-order chi connectivity index (χ0) is 32.4. The summed E-state index contributed by atoms with van der Waals surface area (Å²) in [4.78, 5) is 2.62. The molecule has 5 rings (SSSR count). The Morgan fingerprint density at radius 3 is 2.18 bits per heavy atom. The van der Waals surface area contributed by atoms with Gasteiger partial charge in [0, 0.05) is 47.5 Å². The number of rotatable bonds is 11. The number of allylic oxidation sites excluding steroid dienone is 8. The molecule has 2 nitrogen and oxygen atoms in total. The summed E-state index contributed by atoms with van der Waals surface area (Å²) in [6.07, 6.45) is 20.9. The maximum Gasteiger partial charge on any atom is 0.209 e. The van der Waals surface area contributed by atoms with Crippen molar-refractivity contribution in [3.05, 3.63) is 105 Å². The topological polar surface area (TPSA) is 6.25 Å². The van der Waals surface area contributed by atoms with Gasteiger partial charge in [-0.25, -0.2) is 0 Å². The van der Waals surface area contributed by atoms with Crippen molar-refractivity contribution in [2.45, 2.75) is 131 Å². The summed E-state index contributed by atoms with van der Waals surface area (Å²) in [5.41, 5.74) is 15.8. The van der Waals surface area contributed by atoms with Crippen LogP contribution in [-0.4, -0.2) is 23.4 Å². The molecule has 2 heteroatoms. The van der Waals surface area contributed by atoms with Gasteiger partial charge in [0.25, 0.3) is 0 Å². The molecule has 0 bridgehead atoms. The van der Waals surface area contributed by atoms with Gasteiger partial charge in [0.2, 0.25) is 5.69 Å². The number of hydrogen-bond acceptors (Lipinski definition) is 1. The minimum Gasteiger partial charge on any atom is -0.344 e. The van der Waals surface area contributed by atoms with Gasteiger partial charge in [-0.15, -0.1) is 0 Å². The molecule has 2 aromatic rings. The molecular formula is C43H59N2+. The van der Waals surface area contributed by atoms with E-state index in [1.165, 1.54) is 107 Å². The second-order valence-corrected chi connectivity index (χ2v) is 15.0. The lowest BCUT2D eigenvalue weighted by Crippen LogP contribution is -2.28. The van der Waals surface area contributed by atoms with Crippen molar-refractivity contribution in [1.29, 1.82) is 0 Å². The SMILES string of the molecule is CCCCCN1/C(=C/C=C2\CCCC(/C=C/C3=[N+](CCCCC)c4ccc(C)cc4C3(C)C)=C2C)C(C)(C)c2cc(C)ccc21. The molecule has 3 aliphatic rings. The van der Waals surface area contributed by atoms with Crippen molar-refractivity contribution in [3.8, 4) is 0 Å². The second kappa shape index (κ2) is 13.7. The predicted octanol–water partition coefficient (Wildman–Crippen LogP) is 11.7. The Labute approximate surface area is 275 Å². The number of anilines is 1. The van der Waals surface area contributed by atoms with Gasteiger partial charge in [0.15, 0.2) is 5.71 Å². The molecule has 0 amide bonds. The second-order valence-electron chi connectivity index (χ2n) is 15.0. The predicted molar refractivity (Wildman–Crippen MR) is 196 cm³/mol. The molecule has 0 unspecified atom stereocenters. The minimum atomic E-state index is -0.00105. The zero-order valence-corrected chi connectivity index (χ0v) is 29.9. The first-order chi connectivity index (χ1) is 21.5. The summed E-state index contributed by atoms with van der Waals surface area (Å²) in [6, 6.07) is 14.1. The van der Waals surface area contributed by atoms with Gasteiger partial charge in [0.05, 0.1) is 5.41 Å². The van der Waals surface area contributed by atoms with Crippen LogP contribution in [0.25, 0.3) is 0 Å². The summed E-state index contributed by atoms with van der Waals surface area (Å²) in [6.45, 7) is 23.3. The Morgan fingerprint density at radius 2 is 1.44 bits per heavy atom. The molecule has 0 fully saturated rings. The van der Waals surface area contributed by atoms with E-state index >= 15 is 0 Å². The fourth-order valence-electron chi connectivity index (χ4n) is 7.93. The van der Waals surface area contributed by atoms with Crippen molar-refractivity contribution >= 4 is 17.1 Å². The third-order valence-electron chi connectivity index (χ3n) is 10.8. The Hall–Kier alpha value is -3.13. The van der Waals surface area contributed by atoms with Crippen LogP contribution in [0, 0.1) is 13.8 Å². The maximum absolute atomic E-state index is 2.62. The monoisotopic (exact) mass is 603 g/mol. The fraction of sp³-hybridized carbons (Fsp3) is 0.512. The number of aryl methyl sites for hydroxylation is 2. The smallest absolute Gasteiger partial charge is 0.209 e. The first kappa shape index (κ1) is 33.2. The Morgan fingerprint density at radius 1 is 0.756 bits per heavy atom. The van der Waals surface area contributed by atoms with Crippen LogP contribution in [0.5, 0.6) is 0 Å². The van der Waals surface area contributed by atoms with Crippen molar-refractivity contribution < 1.29 is 4.58 Å². The van der Waals surface area contributed by atoms with Gasteiger partial charge in [-0.05, 0) is 107 Å². The molecule has 240 valence electrons. The zero-order valence-electron chi connectivity index (χ0n) is 29.9. The van der Waals surface area contributed by atoms with Crippen LogP contribution >= 0.6 is 0 Å². The quantitative estimate of drug-likeness (QED) is 0.183. The lowest BCUT2D eigenvalue weighted by Gasteiger charge is -2.27. The van der Waals surface area contributed by atoms with Crippen molar-refractivity contribution in [1.82, 2.24) is 0 Å². The van der Waals surface area contributed by atoms with Gasteiger partial charge in [0.1, 0.15) is 6.54 Å². The number of unbranched alkanes of at least 4 members (excludes halogenated alkanes) is 4. The number of nitrogens with zero attached hydrogens (tertiary/aromatic N) is 2. The van der Waals surface area contributed by atoms with Crippen molar-refractivity contribution in [2.75, 3.05) is 18.0 Å². The third kappa shape index (κ3) is 6.58. The normalized spacial score (nSPS) is 20.7. The van der Waals surface area contributed by atoms with E-state index in [2.05, 4.69) is 132 Å². The molecule has 2 aliphatic heterocycles. The van der Waals surface area contributed by atoms with E-state index in [1.54, 1.807) is 0 Å².